The Labute approximate surface area is 117 Å². The molecular formula is C15H18F3N2. The number of hydrogen-bond acceptors (Lipinski definition) is 2. The zero-order chi connectivity index (χ0) is 14.2. The van der Waals surface area contributed by atoms with Gasteiger partial charge in [0.05, 0.1) is 5.56 Å². The summed E-state index contributed by atoms with van der Waals surface area (Å²) in [6.45, 7) is 4.04. The molecule has 2 aliphatic rings. The van der Waals surface area contributed by atoms with E-state index in [-0.39, 0.29) is 0 Å². The van der Waals surface area contributed by atoms with Gasteiger partial charge in [-0.15, -0.1) is 0 Å². The highest BCUT2D eigenvalue weighted by Crippen LogP contribution is 2.33. The summed E-state index contributed by atoms with van der Waals surface area (Å²) in [4.78, 5) is 4.57. The molecule has 0 atom stereocenters. The van der Waals surface area contributed by atoms with Crippen molar-refractivity contribution in [2.24, 2.45) is 0 Å². The molecule has 2 fully saturated rings. The van der Waals surface area contributed by atoms with Gasteiger partial charge in [-0.05, 0) is 30.5 Å². The molecule has 2 nitrogen and oxygen atoms in total. The minimum absolute atomic E-state index is 0.358. The fourth-order valence-electron chi connectivity index (χ4n) is 2.83. The Morgan fingerprint density at radius 1 is 1.15 bits per heavy atom. The first-order chi connectivity index (χ1) is 9.54. The molecule has 1 aromatic rings. The van der Waals surface area contributed by atoms with Gasteiger partial charge in [0.2, 0.25) is 0 Å². The first-order valence-electron chi connectivity index (χ1n) is 7.06. The maximum Gasteiger partial charge on any atom is 0.416 e. The van der Waals surface area contributed by atoms with Crippen molar-refractivity contribution in [3.8, 4) is 0 Å². The lowest BCUT2D eigenvalue weighted by molar-refractivity contribution is -0.138. The molecule has 0 unspecified atom stereocenters. The van der Waals surface area contributed by atoms with E-state index in [2.05, 4.69) is 15.9 Å². The highest BCUT2D eigenvalue weighted by molar-refractivity contribution is 5.29. The summed E-state index contributed by atoms with van der Waals surface area (Å²) in [5, 5.41) is 0. The molecule has 1 heterocycles. The highest BCUT2D eigenvalue weighted by atomic mass is 19.4. The second-order valence-corrected chi connectivity index (χ2v) is 5.62. The standard InChI is InChI=1S/C15H18F3N2/c16-15(17,18)14-4-2-1-3-12(14)11-19-7-9-20(10-8-19)13-5-6-13/h1,3-4,13H,5-11H2. The number of nitrogens with zero attached hydrogens (tertiary/aromatic N) is 2. The molecule has 0 amide bonds. The van der Waals surface area contributed by atoms with Crippen molar-refractivity contribution in [3.63, 3.8) is 0 Å². The van der Waals surface area contributed by atoms with Gasteiger partial charge in [0.25, 0.3) is 0 Å². The van der Waals surface area contributed by atoms with Crippen molar-refractivity contribution in [1.82, 2.24) is 9.80 Å². The van der Waals surface area contributed by atoms with Gasteiger partial charge in [0, 0.05) is 38.8 Å². The Kier molecular flexibility index (Phi) is 3.73. The van der Waals surface area contributed by atoms with Crippen molar-refractivity contribution in [2.45, 2.75) is 31.6 Å². The Balaban J connectivity index is 1.63. The molecule has 1 aromatic carbocycles. The summed E-state index contributed by atoms with van der Waals surface area (Å²) in [5.74, 6) is 0. The van der Waals surface area contributed by atoms with E-state index < -0.39 is 11.7 Å². The molecule has 5 heteroatoms. The largest absolute Gasteiger partial charge is 0.416 e. The average Bonchev–Trinajstić information content (AvgIpc) is 3.23. The summed E-state index contributed by atoms with van der Waals surface area (Å²) in [5.41, 5.74) is -0.194. The van der Waals surface area contributed by atoms with Crippen LogP contribution in [0.4, 0.5) is 13.2 Å². The van der Waals surface area contributed by atoms with Crippen LogP contribution in [0.5, 0.6) is 0 Å². The normalized spacial score (nSPS) is 22.1. The fourth-order valence-corrected chi connectivity index (χ4v) is 2.83. The number of halogens is 3. The lowest BCUT2D eigenvalue weighted by Crippen LogP contribution is -2.46. The van der Waals surface area contributed by atoms with E-state index in [0.29, 0.717) is 12.1 Å². The van der Waals surface area contributed by atoms with Gasteiger partial charge in [-0.25, -0.2) is 0 Å². The van der Waals surface area contributed by atoms with Gasteiger partial charge in [-0.3, -0.25) is 9.80 Å². The monoisotopic (exact) mass is 283 g/mol. The molecule has 109 valence electrons. The molecule has 1 aliphatic carbocycles. The Morgan fingerprint density at radius 2 is 1.85 bits per heavy atom. The van der Waals surface area contributed by atoms with E-state index in [1.165, 1.54) is 18.9 Å². The van der Waals surface area contributed by atoms with E-state index in [1.807, 2.05) is 0 Å². The Hall–Kier alpha value is -1.07. The number of piperazine rings is 1. The molecule has 3 rings (SSSR count). The number of hydrogen-bond donors (Lipinski definition) is 0. The Bertz CT molecular complexity index is 460. The molecule has 1 saturated heterocycles. The van der Waals surface area contributed by atoms with E-state index in [4.69, 9.17) is 0 Å². The first kappa shape index (κ1) is 13.9. The zero-order valence-corrected chi connectivity index (χ0v) is 11.3. The molecule has 0 N–H and O–H groups in total. The predicted octanol–water partition coefficient (Wildman–Crippen LogP) is 2.79. The molecule has 0 spiro atoms. The molecule has 20 heavy (non-hydrogen) atoms. The van der Waals surface area contributed by atoms with Crippen molar-refractivity contribution in [1.29, 1.82) is 0 Å². The smallest absolute Gasteiger partial charge is 0.298 e. The third kappa shape index (κ3) is 3.15. The minimum Gasteiger partial charge on any atom is -0.298 e. The van der Waals surface area contributed by atoms with Gasteiger partial charge in [-0.1, -0.05) is 12.1 Å². The molecule has 0 bridgehead atoms. The SMILES string of the molecule is FC(F)(F)c1c[c]ccc1CN1CCN(C2CC2)CC1. The maximum atomic E-state index is 12.9. The molecule has 1 radical (unpaired) electrons. The highest BCUT2D eigenvalue weighted by Gasteiger charge is 2.34. The summed E-state index contributed by atoms with van der Waals surface area (Å²) >= 11 is 0. The van der Waals surface area contributed by atoms with Gasteiger partial charge < -0.3 is 0 Å². The van der Waals surface area contributed by atoms with Crippen LogP contribution < -0.4 is 0 Å². The topological polar surface area (TPSA) is 6.48 Å². The minimum atomic E-state index is -4.29. The number of benzene rings is 1. The summed E-state index contributed by atoms with van der Waals surface area (Å²) in [6, 6.07) is 7.42. The van der Waals surface area contributed by atoms with Crippen LogP contribution in [0.1, 0.15) is 24.0 Å². The van der Waals surface area contributed by atoms with E-state index >= 15 is 0 Å². The lowest BCUT2D eigenvalue weighted by atomic mass is 10.1. The van der Waals surface area contributed by atoms with E-state index in [9.17, 15) is 13.2 Å². The molecule has 1 saturated carbocycles. The molecule has 1 aliphatic heterocycles. The van der Waals surface area contributed by atoms with Crippen molar-refractivity contribution in [2.75, 3.05) is 26.2 Å². The van der Waals surface area contributed by atoms with Gasteiger partial charge in [0.1, 0.15) is 0 Å². The zero-order valence-electron chi connectivity index (χ0n) is 11.3. The van der Waals surface area contributed by atoms with Crippen molar-refractivity contribution in [3.05, 3.63) is 35.4 Å². The Morgan fingerprint density at radius 3 is 2.45 bits per heavy atom. The first-order valence-corrected chi connectivity index (χ1v) is 7.06. The van der Waals surface area contributed by atoms with Crippen LogP contribution in [0, 0.1) is 6.07 Å². The van der Waals surface area contributed by atoms with Crippen LogP contribution in [0.2, 0.25) is 0 Å². The fraction of sp³-hybridized carbons (Fsp3) is 0.600. The van der Waals surface area contributed by atoms with Crippen LogP contribution in [0.3, 0.4) is 0 Å². The predicted molar refractivity (Wildman–Crippen MR) is 70.2 cm³/mol. The van der Waals surface area contributed by atoms with Gasteiger partial charge >= 0.3 is 6.18 Å². The maximum absolute atomic E-state index is 12.9. The van der Waals surface area contributed by atoms with Crippen molar-refractivity contribution >= 4 is 0 Å². The van der Waals surface area contributed by atoms with E-state index in [0.717, 1.165) is 38.3 Å². The van der Waals surface area contributed by atoms with Crippen LogP contribution in [0.15, 0.2) is 18.2 Å². The van der Waals surface area contributed by atoms with Crippen LogP contribution in [0.25, 0.3) is 0 Å². The second kappa shape index (κ2) is 5.37. The van der Waals surface area contributed by atoms with Crippen molar-refractivity contribution < 1.29 is 13.2 Å². The van der Waals surface area contributed by atoms with Crippen LogP contribution >= 0.6 is 0 Å². The third-order valence-electron chi connectivity index (χ3n) is 4.12. The summed E-state index contributed by atoms with van der Waals surface area (Å²) < 4.78 is 38.8. The molecular weight excluding hydrogens is 265 g/mol. The summed E-state index contributed by atoms with van der Waals surface area (Å²) in [7, 11) is 0. The third-order valence-corrected chi connectivity index (χ3v) is 4.12. The van der Waals surface area contributed by atoms with E-state index in [1.54, 1.807) is 6.07 Å². The van der Waals surface area contributed by atoms with Gasteiger partial charge in [0.15, 0.2) is 0 Å². The lowest BCUT2D eigenvalue weighted by Gasteiger charge is -2.35. The second-order valence-electron chi connectivity index (χ2n) is 5.62. The average molecular weight is 283 g/mol. The summed E-state index contributed by atoms with van der Waals surface area (Å²) in [6.07, 6.45) is -1.72. The number of rotatable bonds is 3. The molecule has 0 aromatic heterocycles. The van der Waals surface area contributed by atoms with Crippen LogP contribution in [-0.4, -0.2) is 42.0 Å². The van der Waals surface area contributed by atoms with Crippen LogP contribution in [-0.2, 0) is 12.7 Å². The van der Waals surface area contributed by atoms with Gasteiger partial charge in [-0.2, -0.15) is 13.2 Å². The quantitative estimate of drug-likeness (QED) is 0.841. The number of alkyl halides is 3.